The molecule has 168 valence electrons. The smallest absolute Gasteiger partial charge is 0.326 e. The van der Waals surface area contributed by atoms with Gasteiger partial charge in [-0.2, -0.15) is 23.5 Å². The maximum Gasteiger partial charge on any atom is 0.326 e. The zero-order valence-electron chi connectivity index (χ0n) is 17.7. The largest absolute Gasteiger partial charge is 0.480 e. The number of carboxylic acid groups (broad SMARTS) is 1. The van der Waals surface area contributed by atoms with E-state index in [9.17, 15) is 24.3 Å². The molecule has 0 aliphatic heterocycles. The van der Waals surface area contributed by atoms with Gasteiger partial charge in [-0.3, -0.25) is 14.4 Å². The first-order valence-corrected chi connectivity index (χ1v) is 12.2. The van der Waals surface area contributed by atoms with Gasteiger partial charge in [0.1, 0.15) is 18.1 Å². The number of aliphatic carboxylic acids is 1. The van der Waals surface area contributed by atoms with Gasteiger partial charge in [0.05, 0.1) is 6.04 Å². The Balaban J connectivity index is 4.97. The van der Waals surface area contributed by atoms with Crippen molar-refractivity contribution >= 4 is 47.2 Å². The quantitative estimate of drug-likeness (QED) is 0.249. The summed E-state index contributed by atoms with van der Waals surface area (Å²) in [6.45, 7) is 5.08. The van der Waals surface area contributed by atoms with Crippen molar-refractivity contribution in [1.82, 2.24) is 16.0 Å². The summed E-state index contributed by atoms with van der Waals surface area (Å²) in [5.41, 5.74) is 5.84. The zero-order chi connectivity index (χ0) is 22.6. The van der Waals surface area contributed by atoms with Crippen molar-refractivity contribution in [3.05, 3.63) is 0 Å². The minimum Gasteiger partial charge on any atom is -0.480 e. The highest BCUT2D eigenvalue weighted by molar-refractivity contribution is 7.98. The van der Waals surface area contributed by atoms with E-state index in [-0.39, 0.29) is 12.3 Å². The molecule has 29 heavy (non-hydrogen) atoms. The normalized spacial score (nSPS) is 15.1. The minimum atomic E-state index is -1.13. The van der Waals surface area contributed by atoms with Gasteiger partial charge < -0.3 is 26.8 Å². The number of thioether (sulfide) groups is 2. The number of nitrogens with two attached hydrogens (primary N) is 1. The van der Waals surface area contributed by atoms with Gasteiger partial charge in [-0.05, 0) is 49.7 Å². The van der Waals surface area contributed by atoms with Gasteiger partial charge in [-0.15, -0.1) is 0 Å². The van der Waals surface area contributed by atoms with Crippen LogP contribution in [0.15, 0.2) is 0 Å². The number of hydrogen-bond donors (Lipinski definition) is 5. The van der Waals surface area contributed by atoms with Gasteiger partial charge in [-0.1, -0.05) is 13.8 Å². The van der Waals surface area contributed by atoms with E-state index >= 15 is 0 Å². The van der Waals surface area contributed by atoms with Crippen molar-refractivity contribution in [3.63, 3.8) is 0 Å². The molecule has 0 aliphatic carbocycles. The van der Waals surface area contributed by atoms with Crippen LogP contribution in [0.1, 0.15) is 33.6 Å². The van der Waals surface area contributed by atoms with Crippen LogP contribution in [0.5, 0.6) is 0 Å². The number of carbonyl (C=O) groups is 4. The molecule has 0 aromatic carbocycles. The lowest BCUT2D eigenvalue weighted by Crippen LogP contribution is -2.57. The summed E-state index contributed by atoms with van der Waals surface area (Å²) in [4.78, 5) is 48.4. The predicted octanol–water partition coefficient (Wildman–Crippen LogP) is 0.0348. The Bertz CT molecular complexity index is 562. The van der Waals surface area contributed by atoms with Crippen LogP contribution in [0.4, 0.5) is 0 Å². The third-order valence-corrected chi connectivity index (χ3v) is 5.53. The zero-order valence-corrected chi connectivity index (χ0v) is 19.3. The Labute approximate surface area is 181 Å². The standard InChI is InChI=1S/C18H34N4O5S2/c1-10(2)14(19)17(25)21-12(6-8-28-4)16(24)20-11(3)15(23)22-13(18(26)27)7-9-29-5/h10-14H,6-9,19H2,1-5H3,(H,20,24)(H,21,25)(H,22,23)(H,26,27). The molecule has 3 amide bonds. The summed E-state index contributed by atoms with van der Waals surface area (Å²) in [6.07, 6.45) is 4.39. The Morgan fingerprint density at radius 1 is 0.828 bits per heavy atom. The van der Waals surface area contributed by atoms with Crippen molar-refractivity contribution in [2.75, 3.05) is 24.0 Å². The third kappa shape index (κ3) is 10.8. The monoisotopic (exact) mass is 450 g/mol. The molecule has 4 unspecified atom stereocenters. The van der Waals surface area contributed by atoms with Gasteiger partial charge in [0.15, 0.2) is 0 Å². The van der Waals surface area contributed by atoms with Crippen molar-refractivity contribution in [2.45, 2.75) is 57.8 Å². The van der Waals surface area contributed by atoms with Gasteiger partial charge in [-0.25, -0.2) is 4.79 Å². The average Bonchev–Trinajstić information content (AvgIpc) is 2.66. The van der Waals surface area contributed by atoms with E-state index in [0.29, 0.717) is 17.9 Å². The highest BCUT2D eigenvalue weighted by atomic mass is 32.2. The van der Waals surface area contributed by atoms with Crippen molar-refractivity contribution in [3.8, 4) is 0 Å². The second-order valence-corrected chi connectivity index (χ2v) is 8.99. The predicted molar refractivity (Wildman–Crippen MR) is 118 cm³/mol. The molecule has 0 saturated heterocycles. The summed E-state index contributed by atoms with van der Waals surface area (Å²) in [6, 6.07) is -3.55. The third-order valence-electron chi connectivity index (χ3n) is 4.24. The minimum absolute atomic E-state index is 0.0850. The summed E-state index contributed by atoms with van der Waals surface area (Å²) in [5.74, 6) is -1.54. The molecule has 6 N–H and O–H groups in total. The number of hydrogen-bond acceptors (Lipinski definition) is 7. The van der Waals surface area contributed by atoms with Crippen LogP contribution in [-0.4, -0.2) is 77.0 Å². The molecule has 0 radical (unpaired) electrons. The Kier molecular flexibility index (Phi) is 13.8. The van der Waals surface area contributed by atoms with Gasteiger partial charge in [0.25, 0.3) is 0 Å². The fraction of sp³-hybridized carbons (Fsp3) is 0.778. The lowest BCUT2D eigenvalue weighted by atomic mass is 10.0. The number of carbonyl (C=O) groups excluding carboxylic acids is 3. The number of rotatable bonds is 14. The van der Waals surface area contributed by atoms with Crippen LogP contribution in [0.25, 0.3) is 0 Å². The molecular formula is C18H34N4O5S2. The van der Waals surface area contributed by atoms with Crippen molar-refractivity contribution < 1.29 is 24.3 Å². The lowest BCUT2D eigenvalue weighted by Gasteiger charge is -2.24. The maximum absolute atomic E-state index is 12.6. The highest BCUT2D eigenvalue weighted by Crippen LogP contribution is 2.05. The highest BCUT2D eigenvalue weighted by Gasteiger charge is 2.28. The molecule has 0 bridgehead atoms. The van der Waals surface area contributed by atoms with E-state index in [2.05, 4.69) is 16.0 Å². The van der Waals surface area contributed by atoms with Crippen LogP contribution >= 0.6 is 23.5 Å². The van der Waals surface area contributed by atoms with E-state index in [1.165, 1.54) is 30.4 Å². The van der Waals surface area contributed by atoms with Crippen LogP contribution in [0.3, 0.4) is 0 Å². The molecule has 0 spiro atoms. The summed E-state index contributed by atoms with van der Waals surface area (Å²) < 4.78 is 0. The van der Waals surface area contributed by atoms with Crippen molar-refractivity contribution in [2.24, 2.45) is 11.7 Å². The summed E-state index contributed by atoms with van der Waals surface area (Å²) >= 11 is 3.00. The maximum atomic E-state index is 12.6. The molecule has 0 aromatic heterocycles. The number of carboxylic acids is 1. The van der Waals surface area contributed by atoms with E-state index in [1.807, 2.05) is 26.4 Å². The molecule has 0 rings (SSSR count). The van der Waals surface area contributed by atoms with Crippen LogP contribution in [-0.2, 0) is 19.2 Å². The Morgan fingerprint density at radius 2 is 1.31 bits per heavy atom. The topological polar surface area (TPSA) is 151 Å². The molecule has 11 heteroatoms. The molecule has 0 aromatic rings. The van der Waals surface area contributed by atoms with E-state index in [1.54, 1.807) is 0 Å². The number of amides is 3. The molecule has 4 atom stereocenters. The fourth-order valence-electron chi connectivity index (χ4n) is 2.24. The van der Waals surface area contributed by atoms with Crippen molar-refractivity contribution in [1.29, 1.82) is 0 Å². The first kappa shape index (κ1) is 27.5. The molecule has 0 heterocycles. The SMILES string of the molecule is CSCCC(NC(=O)C(C)NC(=O)C(CCSC)NC(=O)C(N)C(C)C)C(=O)O. The van der Waals surface area contributed by atoms with Gasteiger partial charge in [0, 0.05) is 0 Å². The summed E-state index contributed by atoms with van der Waals surface area (Å²) in [5, 5.41) is 16.8. The van der Waals surface area contributed by atoms with Crippen LogP contribution in [0, 0.1) is 5.92 Å². The van der Waals surface area contributed by atoms with E-state index in [4.69, 9.17) is 5.73 Å². The van der Waals surface area contributed by atoms with Gasteiger partial charge in [0.2, 0.25) is 17.7 Å². The second-order valence-electron chi connectivity index (χ2n) is 7.02. The Morgan fingerprint density at radius 3 is 1.76 bits per heavy atom. The number of nitrogens with one attached hydrogen (secondary N) is 3. The van der Waals surface area contributed by atoms with E-state index in [0.717, 1.165) is 0 Å². The molecule has 0 aliphatic rings. The molecule has 0 fully saturated rings. The summed E-state index contributed by atoms with van der Waals surface area (Å²) in [7, 11) is 0. The van der Waals surface area contributed by atoms with E-state index < -0.39 is 47.9 Å². The fourth-order valence-corrected chi connectivity index (χ4v) is 3.19. The second kappa shape index (κ2) is 14.5. The molecular weight excluding hydrogens is 416 g/mol. The van der Waals surface area contributed by atoms with Crippen LogP contribution < -0.4 is 21.7 Å². The first-order chi connectivity index (χ1) is 13.5. The molecule has 9 nitrogen and oxygen atoms in total. The van der Waals surface area contributed by atoms with Crippen LogP contribution in [0.2, 0.25) is 0 Å². The average molecular weight is 451 g/mol. The van der Waals surface area contributed by atoms with Gasteiger partial charge >= 0.3 is 5.97 Å². The Hall–Kier alpha value is -1.46. The molecule has 0 saturated carbocycles. The lowest BCUT2D eigenvalue weighted by molar-refractivity contribution is -0.142. The first-order valence-electron chi connectivity index (χ1n) is 9.42.